The molecule has 1 aromatic carbocycles. The Hall–Kier alpha value is -6.30. The zero-order valence-corrected chi connectivity index (χ0v) is 43.6. The van der Waals surface area contributed by atoms with Crippen LogP contribution in [0.2, 0.25) is 0 Å². The number of nitrogens with zero attached hydrogens (tertiary/aromatic N) is 16. The largest absolute Gasteiger partial charge is 1.00 e. The quantitative estimate of drug-likeness (QED) is 0.0865. The molecule has 0 radical (unpaired) electrons. The smallest absolute Gasteiger partial charge is 0.176 e. The summed E-state index contributed by atoms with van der Waals surface area (Å²) in [5.74, 6) is 6.48. The molecule has 9 rings (SSSR count). The second-order valence-electron chi connectivity index (χ2n) is 16.9. The van der Waals surface area contributed by atoms with Crippen LogP contribution in [0.5, 0.6) is 0 Å². The number of aryl methyl sites for hydroxylation is 9. The first-order chi connectivity index (χ1) is 32.2. The number of imidazole rings is 6. The van der Waals surface area contributed by atoms with Gasteiger partial charge in [0.15, 0.2) is 47.3 Å². The number of unbranched alkanes of at least 4 members (excludes halogenated alkanes) is 3. The Balaban J connectivity index is 0.000000268. The molecule has 68 heavy (non-hydrogen) atoms. The van der Waals surface area contributed by atoms with Crippen LogP contribution in [0.3, 0.4) is 0 Å². The number of halogens is 1. The SMILES string of the molecule is CCC(CC(C)c1cc[n+](CCCCCCn2cc(CCn3ccnc3-c3nccn3C)nn2)cc1)c1ccccc1.Cn1ccnc1-c1nccn1C.Cn1ccnc1-c1nccn1C.[Cl-].[Os]. The van der Waals surface area contributed by atoms with E-state index in [4.69, 9.17) is 0 Å². The van der Waals surface area contributed by atoms with Gasteiger partial charge in [-0.3, -0.25) is 4.68 Å². The number of rotatable bonds is 18. The van der Waals surface area contributed by atoms with Gasteiger partial charge >= 0.3 is 0 Å². The maximum atomic E-state index is 4.49. The summed E-state index contributed by atoms with van der Waals surface area (Å²) in [5, 5.41) is 8.74. The zero-order chi connectivity index (χ0) is 46.3. The third-order valence-corrected chi connectivity index (χ3v) is 12.1. The minimum atomic E-state index is 0. The molecule has 0 amide bonds. The van der Waals surface area contributed by atoms with Crippen LogP contribution < -0.4 is 17.0 Å². The van der Waals surface area contributed by atoms with Crippen molar-refractivity contribution in [2.75, 3.05) is 0 Å². The van der Waals surface area contributed by atoms with Gasteiger partial charge in [-0.15, -0.1) is 5.10 Å². The average Bonchev–Trinajstić information content (AvgIpc) is 4.20. The van der Waals surface area contributed by atoms with Gasteiger partial charge in [0, 0.05) is 174 Å². The standard InChI is InChI=1S/C34H45N8.2C8H10N4.ClH.Os/c1-4-29(31-12-8-7-9-13-31)26-28(2)30-14-21-40(22-15-30)19-10-5-6-11-20-42-27-32(37-38-42)16-23-41-25-18-36-34(41)33-35-17-24-39(33)3;2*1-11-5-3-9-7(11)8-10-4-6-12(8)2;;/h7-9,12-15,17-18,21-22,24-25,27-29H,4-6,10-11,16,19-20,23,26H2,1-3H3;2*3-6H,1-2H3;1H;/q+1;;;;/p-1. The van der Waals surface area contributed by atoms with Gasteiger partial charge in [0.25, 0.3) is 0 Å². The zero-order valence-electron chi connectivity index (χ0n) is 40.3. The molecule has 0 spiro atoms. The minimum Gasteiger partial charge on any atom is -1.00 e. The van der Waals surface area contributed by atoms with Gasteiger partial charge in [0.1, 0.15) is 6.54 Å². The first kappa shape index (κ1) is 52.7. The van der Waals surface area contributed by atoms with E-state index in [2.05, 4.69) is 124 Å². The maximum absolute atomic E-state index is 4.49. The molecule has 9 aromatic rings. The van der Waals surface area contributed by atoms with E-state index in [1.54, 1.807) is 31.0 Å². The Bertz CT molecular complexity index is 2640. The molecule has 0 saturated heterocycles. The van der Waals surface area contributed by atoms with Gasteiger partial charge in [-0.05, 0) is 48.6 Å². The third-order valence-electron chi connectivity index (χ3n) is 12.1. The summed E-state index contributed by atoms with van der Waals surface area (Å²) in [4.78, 5) is 25.7. The van der Waals surface area contributed by atoms with Crippen LogP contribution >= 0.6 is 0 Å². The molecule has 0 N–H and O–H groups in total. The van der Waals surface area contributed by atoms with E-state index >= 15 is 0 Å². The summed E-state index contributed by atoms with van der Waals surface area (Å²) >= 11 is 0. The molecule has 0 bridgehead atoms. The molecule has 8 heterocycles. The summed E-state index contributed by atoms with van der Waals surface area (Å²) in [5.41, 5.74) is 3.91. The van der Waals surface area contributed by atoms with Gasteiger partial charge in [-0.1, -0.05) is 55.8 Å². The predicted octanol–water partition coefficient (Wildman–Crippen LogP) is 5.00. The number of hydrogen-bond acceptors (Lipinski definition) is 8. The van der Waals surface area contributed by atoms with Gasteiger partial charge in [0.2, 0.25) is 0 Å². The Morgan fingerprint density at radius 2 is 1.01 bits per heavy atom. The topological polar surface area (TPSA) is 142 Å². The molecular weight excluding hydrogens is 1050 g/mol. The van der Waals surface area contributed by atoms with E-state index in [9.17, 15) is 0 Å². The first-order valence-electron chi connectivity index (χ1n) is 23.0. The molecule has 8 aromatic heterocycles. The molecule has 16 nitrogen and oxygen atoms in total. The van der Waals surface area contributed by atoms with Crippen LogP contribution in [-0.4, -0.2) is 72.3 Å². The summed E-state index contributed by atoms with van der Waals surface area (Å²) in [6, 6.07) is 15.6. The van der Waals surface area contributed by atoms with Crippen molar-refractivity contribution in [3.05, 3.63) is 152 Å². The van der Waals surface area contributed by atoms with Gasteiger partial charge < -0.3 is 39.8 Å². The van der Waals surface area contributed by atoms with Crippen molar-refractivity contribution in [2.24, 2.45) is 35.2 Å². The third kappa shape index (κ3) is 14.1. The van der Waals surface area contributed by atoms with Crippen LogP contribution in [0, 0.1) is 0 Å². The molecule has 0 aliphatic rings. The Morgan fingerprint density at radius 3 is 1.50 bits per heavy atom. The maximum Gasteiger partial charge on any atom is 0.176 e. The molecule has 18 heteroatoms. The Labute approximate surface area is 419 Å². The fraction of sp³-hybridized carbons (Fsp3) is 0.380. The monoisotopic (exact) mass is 1120 g/mol. The van der Waals surface area contributed by atoms with Gasteiger partial charge in [0.05, 0.1) is 5.69 Å². The van der Waals surface area contributed by atoms with E-state index in [0.717, 1.165) is 73.1 Å². The van der Waals surface area contributed by atoms with Crippen molar-refractivity contribution in [3.8, 4) is 34.9 Å². The van der Waals surface area contributed by atoms with Gasteiger partial charge in [-0.2, -0.15) is 0 Å². The molecule has 0 aliphatic heterocycles. The first-order valence-corrected chi connectivity index (χ1v) is 23.0. The van der Waals surface area contributed by atoms with Crippen LogP contribution in [0.1, 0.15) is 81.0 Å². The summed E-state index contributed by atoms with van der Waals surface area (Å²) < 4.78 is 16.2. The van der Waals surface area contributed by atoms with Crippen LogP contribution in [0.15, 0.2) is 135 Å². The van der Waals surface area contributed by atoms with Crippen molar-refractivity contribution in [1.82, 2.24) is 72.3 Å². The van der Waals surface area contributed by atoms with Gasteiger partial charge in [-0.25, -0.2) is 34.5 Å². The Morgan fingerprint density at radius 1 is 0.544 bits per heavy atom. The molecule has 2 unspecified atom stereocenters. The molecule has 0 fully saturated rings. The molecule has 2 atom stereocenters. The normalized spacial score (nSPS) is 11.7. The van der Waals surface area contributed by atoms with Crippen molar-refractivity contribution in [1.29, 1.82) is 0 Å². The number of aromatic nitrogens is 16. The molecule has 360 valence electrons. The minimum absolute atomic E-state index is 0. The van der Waals surface area contributed by atoms with Crippen molar-refractivity contribution < 1.29 is 36.8 Å². The van der Waals surface area contributed by atoms with E-state index in [1.807, 2.05) is 106 Å². The van der Waals surface area contributed by atoms with Crippen molar-refractivity contribution >= 4 is 0 Å². The summed E-state index contributed by atoms with van der Waals surface area (Å²) in [6.45, 7) is 7.45. The molecular formula is C50H65ClN16Os. The number of hydrogen-bond donors (Lipinski definition) is 0. The summed E-state index contributed by atoms with van der Waals surface area (Å²) in [7, 11) is 9.81. The molecule has 0 saturated carbocycles. The fourth-order valence-corrected chi connectivity index (χ4v) is 8.09. The number of pyridine rings is 1. The second kappa shape index (κ2) is 26.3. The second-order valence-corrected chi connectivity index (χ2v) is 16.9. The Kier molecular flexibility index (Phi) is 20.4. The van der Waals surface area contributed by atoms with Crippen molar-refractivity contribution in [2.45, 2.75) is 90.3 Å². The van der Waals surface area contributed by atoms with Crippen LogP contribution in [0.4, 0.5) is 0 Å². The molecule has 0 aliphatic carbocycles. The van der Waals surface area contributed by atoms with E-state index < -0.39 is 0 Å². The van der Waals surface area contributed by atoms with Crippen LogP contribution in [-0.2, 0) is 81.1 Å². The van der Waals surface area contributed by atoms with E-state index in [-0.39, 0.29) is 32.2 Å². The van der Waals surface area contributed by atoms with Crippen molar-refractivity contribution in [3.63, 3.8) is 0 Å². The average molecular weight is 1120 g/mol. The fourth-order valence-electron chi connectivity index (χ4n) is 8.09. The summed E-state index contributed by atoms with van der Waals surface area (Å²) in [6.07, 6.45) is 36.8. The number of benzene rings is 1. The predicted molar refractivity (Wildman–Crippen MR) is 257 cm³/mol. The van der Waals surface area contributed by atoms with E-state index in [1.165, 1.54) is 43.2 Å². The van der Waals surface area contributed by atoms with Crippen LogP contribution in [0.25, 0.3) is 34.9 Å². The van der Waals surface area contributed by atoms with E-state index in [0.29, 0.717) is 11.8 Å².